The van der Waals surface area contributed by atoms with E-state index in [-0.39, 0.29) is 36.2 Å². The number of rotatable bonds is 4. The summed E-state index contributed by atoms with van der Waals surface area (Å²) in [7, 11) is 1.82. The molecule has 1 amide bonds. The fraction of sp³-hybridized carbons (Fsp3) is 0.529. The molecule has 2 N–H and O–H groups in total. The van der Waals surface area contributed by atoms with Crippen LogP contribution in [0.15, 0.2) is 10.9 Å². The van der Waals surface area contributed by atoms with E-state index in [9.17, 15) is 14.7 Å². The summed E-state index contributed by atoms with van der Waals surface area (Å²) in [4.78, 5) is 35.0. The second kappa shape index (κ2) is 7.15. The maximum Gasteiger partial charge on any atom is 0.274 e. The van der Waals surface area contributed by atoms with Crippen LogP contribution in [0, 0.1) is 6.92 Å². The summed E-state index contributed by atoms with van der Waals surface area (Å²) in [6.45, 7) is 2.76. The summed E-state index contributed by atoms with van der Waals surface area (Å²) in [5, 5.41) is 20.3. The number of aliphatic hydroxyl groups is 1. The lowest BCUT2D eigenvalue weighted by Crippen LogP contribution is -2.40. The van der Waals surface area contributed by atoms with Crippen LogP contribution in [0.25, 0.3) is 5.78 Å². The Morgan fingerprint density at radius 3 is 2.93 bits per heavy atom. The Balaban J connectivity index is 1.49. The quantitative estimate of drug-likeness (QED) is 0.605. The maximum atomic E-state index is 12.8. The van der Waals surface area contributed by atoms with Crippen LogP contribution in [0.2, 0.25) is 0 Å². The van der Waals surface area contributed by atoms with Gasteiger partial charge in [0.05, 0.1) is 6.42 Å². The van der Waals surface area contributed by atoms with Gasteiger partial charge < -0.3 is 14.6 Å². The van der Waals surface area contributed by atoms with Gasteiger partial charge >= 0.3 is 0 Å². The second-order valence-electron chi connectivity index (χ2n) is 7.09. The normalized spacial score (nSPS) is 17.4. The predicted octanol–water partition coefficient (Wildman–Crippen LogP) is -0.704. The van der Waals surface area contributed by atoms with Crippen LogP contribution < -0.4 is 5.56 Å². The summed E-state index contributed by atoms with van der Waals surface area (Å²) in [5.41, 5.74) is 0.327. The van der Waals surface area contributed by atoms with Gasteiger partial charge in [-0.25, -0.2) is 4.98 Å². The lowest BCUT2D eigenvalue weighted by atomic mass is 9.97. The van der Waals surface area contributed by atoms with Crippen LogP contribution >= 0.6 is 0 Å². The highest BCUT2D eigenvalue weighted by Crippen LogP contribution is 2.26. The first kappa shape index (κ1) is 18.3. The molecule has 11 heteroatoms. The Hall–Kier alpha value is -3.08. The number of aromatic nitrogens is 7. The standard InChI is InChI=1S/C17H22N8O3/c1-10-6-15(28)25-17(18-10)19-12(22-25)7-14(27)24-5-3-4-11(8-24)16-21-20-13(9-26)23(16)2/h6,11,26H,3-5,7-9H2,1-2H3,(H,18,19,22)/t11-/m1/s1. The second-order valence-corrected chi connectivity index (χ2v) is 7.09. The average Bonchev–Trinajstić information content (AvgIpc) is 3.24. The Morgan fingerprint density at radius 2 is 2.18 bits per heavy atom. The lowest BCUT2D eigenvalue weighted by molar-refractivity contribution is -0.131. The van der Waals surface area contributed by atoms with Crippen molar-refractivity contribution in [3.8, 4) is 0 Å². The Labute approximate surface area is 160 Å². The van der Waals surface area contributed by atoms with Gasteiger partial charge in [0.1, 0.15) is 18.3 Å². The van der Waals surface area contributed by atoms with Crippen molar-refractivity contribution >= 4 is 11.7 Å². The molecule has 3 aromatic rings. The van der Waals surface area contributed by atoms with Crippen molar-refractivity contribution in [3.63, 3.8) is 0 Å². The highest BCUT2D eigenvalue weighted by Gasteiger charge is 2.28. The fourth-order valence-electron chi connectivity index (χ4n) is 3.65. The van der Waals surface area contributed by atoms with Crippen LogP contribution in [0.5, 0.6) is 0 Å². The van der Waals surface area contributed by atoms with E-state index in [0.717, 1.165) is 18.7 Å². The molecule has 0 saturated carbocycles. The zero-order valence-electron chi connectivity index (χ0n) is 15.8. The van der Waals surface area contributed by atoms with Gasteiger partial charge in [0.15, 0.2) is 5.82 Å². The van der Waals surface area contributed by atoms with Crippen molar-refractivity contribution in [3.05, 3.63) is 39.6 Å². The van der Waals surface area contributed by atoms with Gasteiger partial charge in [-0.05, 0) is 19.8 Å². The zero-order valence-corrected chi connectivity index (χ0v) is 15.8. The smallest absolute Gasteiger partial charge is 0.274 e. The molecular weight excluding hydrogens is 364 g/mol. The number of hydrogen-bond donors (Lipinski definition) is 2. The number of aryl methyl sites for hydroxylation is 1. The molecule has 1 fully saturated rings. The van der Waals surface area contributed by atoms with E-state index in [4.69, 9.17) is 0 Å². The molecule has 1 atom stereocenters. The SMILES string of the molecule is Cc1cc(=O)n2[nH]c(CC(=O)N3CCC[C@@H](c4nnc(CO)n4C)C3)nc2n1. The van der Waals surface area contributed by atoms with Crippen molar-refractivity contribution < 1.29 is 9.90 Å². The molecule has 0 aliphatic carbocycles. The van der Waals surface area contributed by atoms with E-state index in [1.807, 2.05) is 7.05 Å². The highest BCUT2D eigenvalue weighted by molar-refractivity contribution is 5.78. The number of amides is 1. The molecule has 0 unspecified atom stereocenters. The Morgan fingerprint density at radius 1 is 1.36 bits per heavy atom. The number of aliphatic hydroxyl groups excluding tert-OH is 1. The molecule has 1 saturated heterocycles. The molecule has 1 aliphatic heterocycles. The summed E-state index contributed by atoms with van der Waals surface area (Å²) >= 11 is 0. The molecule has 0 radical (unpaired) electrons. The number of hydrogen-bond acceptors (Lipinski definition) is 7. The molecule has 148 valence electrons. The number of fused-ring (bicyclic) bond motifs is 1. The molecular formula is C17H22N8O3. The van der Waals surface area contributed by atoms with E-state index >= 15 is 0 Å². The number of nitrogens with one attached hydrogen (secondary N) is 1. The Kier molecular flexibility index (Phi) is 4.67. The van der Waals surface area contributed by atoms with E-state index in [0.29, 0.717) is 30.4 Å². The number of aromatic amines is 1. The summed E-state index contributed by atoms with van der Waals surface area (Å²) < 4.78 is 3.03. The minimum atomic E-state index is -0.256. The van der Waals surface area contributed by atoms with Crippen molar-refractivity contribution in [1.82, 2.24) is 39.2 Å². The molecule has 4 rings (SSSR count). The fourth-order valence-corrected chi connectivity index (χ4v) is 3.65. The topological polar surface area (TPSA) is 134 Å². The number of nitrogens with zero attached hydrogens (tertiary/aromatic N) is 7. The molecule has 3 aromatic heterocycles. The number of carbonyl (C=O) groups excluding carboxylic acids is 1. The minimum Gasteiger partial charge on any atom is -0.388 e. The van der Waals surface area contributed by atoms with Crippen molar-refractivity contribution in [1.29, 1.82) is 0 Å². The van der Waals surface area contributed by atoms with Crippen molar-refractivity contribution in [2.45, 2.75) is 38.7 Å². The van der Waals surface area contributed by atoms with Crippen LogP contribution in [-0.2, 0) is 24.9 Å². The highest BCUT2D eigenvalue weighted by atomic mass is 16.3. The lowest BCUT2D eigenvalue weighted by Gasteiger charge is -2.32. The first-order valence-corrected chi connectivity index (χ1v) is 9.18. The predicted molar refractivity (Wildman–Crippen MR) is 97.5 cm³/mol. The van der Waals surface area contributed by atoms with Crippen molar-refractivity contribution in [2.75, 3.05) is 13.1 Å². The summed E-state index contributed by atoms with van der Waals surface area (Å²) in [6, 6.07) is 1.41. The van der Waals surface area contributed by atoms with Gasteiger partial charge in [-0.2, -0.15) is 9.50 Å². The molecule has 1 aliphatic rings. The van der Waals surface area contributed by atoms with E-state index in [2.05, 4.69) is 25.3 Å². The third kappa shape index (κ3) is 3.28. The minimum absolute atomic E-state index is 0.0648. The maximum absolute atomic E-state index is 12.8. The number of carbonyl (C=O) groups is 1. The van der Waals surface area contributed by atoms with E-state index < -0.39 is 0 Å². The number of likely N-dealkylation sites (tertiary alicyclic amines) is 1. The first-order valence-electron chi connectivity index (χ1n) is 9.18. The van der Waals surface area contributed by atoms with Gasteiger partial charge in [0.2, 0.25) is 5.91 Å². The van der Waals surface area contributed by atoms with Gasteiger partial charge in [0, 0.05) is 37.8 Å². The monoisotopic (exact) mass is 386 g/mol. The summed E-state index contributed by atoms with van der Waals surface area (Å²) in [6.07, 6.45) is 1.83. The van der Waals surface area contributed by atoms with Crippen LogP contribution in [-0.4, -0.2) is 63.3 Å². The molecule has 0 spiro atoms. The molecule has 0 bridgehead atoms. The van der Waals surface area contributed by atoms with Gasteiger partial charge in [-0.1, -0.05) is 0 Å². The van der Waals surface area contributed by atoms with Crippen LogP contribution in [0.3, 0.4) is 0 Å². The van der Waals surface area contributed by atoms with Crippen molar-refractivity contribution in [2.24, 2.45) is 7.05 Å². The van der Waals surface area contributed by atoms with Gasteiger partial charge in [0.25, 0.3) is 11.3 Å². The average molecular weight is 386 g/mol. The summed E-state index contributed by atoms with van der Waals surface area (Å²) in [5.74, 6) is 1.95. The molecule has 28 heavy (non-hydrogen) atoms. The molecule has 4 heterocycles. The number of H-pyrrole nitrogens is 1. The van der Waals surface area contributed by atoms with Gasteiger partial charge in [-0.3, -0.25) is 14.7 Å². The van der Waals surface area contributed by atoms with Gasteiger partial charge in [-0.15, -0.1) is 10.2 Å². The first-order chi connectivity index (χ1) is 13.5. The van der Waals surface area contributed by atoms with E-state index in [1.54, 1.807) is 16.4 Å². The van der Waals surface area contributed by atoms with Crippen LogP contribution in [0.1, 0.15) is 41.9 Å². The largest absolute Gasteiger partial charge is 0.388 e. The van der Waals surface area contributed by atoms with E-state index in [1.165, 1.54) is 10.6 Å². The third-order valence-electron chi connectivity index (χ3n) is 5.10. The third-order valence-corrected chi connectivity index (χ3v) is 5.10. The zero-order chi connectivity index (χ0) is 19.8. The molecule has 0 aromatic carbocycles. The Bertz CT molecular complexity index is 1080. The molecule has 11 nitrogen and oxygen atoms in total. The number of piperidine rings is 1. The van der Waals surface area contributed by atoms with Crippen LogP contribution in [0.4, 0.5) is 0 Å².